The summed E-state index contributed by atoms with van der Waals surface area (Å²) < 4.78 is 0. The second-order valence-corrected chi connectivity index (χ2v) is 5.24. The number of amides is 1. The molecule has 1 aliphatic heterocycles. The van der Waals surface area contributed by atoms with Gasteiger partial charge in [-0.1, -0.05) is 24.3 Å². The van der Waals surface area contributed by atoms with Crippen LogP contribution in [0.3, 0.4) is 0 Å². The van der Waals surface area contributed by atoms with Crippen LogP contribution < -0.4 is 0 Å². The number of benzene rings is 1. The first-order valence-electron chi connectivity index (χ1n) is 6.77. The van der Waals surface area contributed by atoms with Crippen LogP contribution in [-0.4, -0.2) is 29.2 Å². The van der Waals surface area contributed by atoms with Crippen LogP contribution >= 0.6 is 0 Å². The summed E-state index contributed by atoms with van der Waals surface area (Å²) in [6.07, 6.45) is 4.19. The van der Waals surface area contributed by atoms with Crippen LogP contribution in [0.1, 0.15) is 41.1 Å². The van der Waals surface area contributed by atoms with Crippen LogP contribution in [0.2, 0.25) is 0 Å². The summed E-state index contributed by atoms with van der Waals surface area (Å²) in [7, 11) is 0. The SMILES string of the molecule is C=CCN1C(=O)c2ccccc2C2CCCC(=O)C21. The Bertz CT molecular complexity index is 549. The fourth-order valence-corrected chi connectivity index (χ4v) is 3.37. The van der Waals surface area contributed by atoms with E-state index in [0.29, 0.717) is 13.0 Å². The highest BCUT2D eigenvalue weighted by atomic mass is 16.2. The van der Waals surface area contributed by atoms with Crippen molar-refractivity contribution in [1.82, 2.24) is 4.90 Å². The number of rotatable bonds is 2. The minimum absolute atomic E-state index is 0.0352. The van der Waals surface area contributed by atoms with E-state index in [4.69, 9.17) is 0 Å². The van der Waals surface area contributed by atoms with E-state index >= 15 is 0 Å². The average molecular weight is 255 g/mol. The van der Waals surface area contributed by atoms with Gasteiger partial charge in [-0.3, -0.25) is 9.59 Å². The van der Waals surface area contributed by atoms with Crippen LogP contribution in [0.4, 0.5) is 0 Å². The minimum atomic E-state index is -0.283. The molecular weight excluding hydrogens is 238 g/mol. The summed E-state index contributed by atoms with van der Waals surface area (Å²) in [4.78, 5) is 26.5. The van der Waals surface area contributed by atoms with Gasteiger partial charge in [-0.05, 0) is 24.5 Å². The van der Waals surface area contributed by atoms with Gasteiger partial charge in [0.25, 0.3) is 5.91 Å². The van der Waals surface area contributed by atoms with E-state index in [1.807, 2.05) is 24.3 Å². The molecule has 3 rings (SSSR count). The Hall–Kier alpha value is -1.90. The van der Waals surface area contributed by atoms with Gasteiger partial charge in [-0.2, -0.15) is 0 Å². The van der Waals surface area contributed by atoms with Crippen molar-refractivity contribution >= 4 is 11.7 Å². The van der Waals surface area contributed by atoms with Crippen molar-refractivity contribution in [1.29, 1.82) is 0 Å². The topological polar surface area (TPSA) is 37.4 Å². The van der Waals surface area contributed by atoms with Crippen LogP contribution in [0.15, 0.2) is 36.9 Å². The van der Waals surface area contributed by atoms with Crippen molar-refractivity contribution in [2.45, 2.75) is 31.2 Å². The van der Waals surface area contributed by atoms with Gasteiger partial charge in [0.2, 0.25) is 0 Å². The molecule has 0 N–H and O–H groups in total. The van der Waals surface area contributed by atoms with E-state index in [0.717, 1.165) is 24.0 Å². The average Bonchev–Trinajstić information content (AvgIpc) is 2.44. The van der Waals surface area contributed by atoms with Gasteiger partial charge >= 0.3 is 0 Å². The first kappa shape index (κ1) is 12.2. The Kier molecular flexibility index (Phi) is 2.97. The third kappa shape index (κ3) is 1.81. The van der Waals surface area contributed by atoms with Crippen LogP contribution in [-0.2, 0) is 4.79 Å². The summed E-state index contributed by atoms with van der Waals surface area (Å²) in [6.45, 7) is 4.15. The van der Waals surface area contributed by atoms with E-state index < -0.39 is 0 Å². The predicted octanol–water partition coefficient (Wildman–Crippen LogP) is 2.53. The second kappa shape index (κ2) is 4.65. The zero-order valence-corrected chi connectivity index (χ0v) is 10.8. The number of hydrogen-bond acceptors (Lipinski definition) is 2. The van der Waals surface area contributed by atoms with Gasteiger partial charge in [0.05, 0.1) is 6.04 Å². The molecule has 98 valence electrons. The predicted molar refractivity (Wildman–Crippen MR) is 73.1 cm³/mol. The van der Waals surface area contributed by atoms with Gasteiger partial charge in [0, 0.05) is 24.4 Å². The van der Waals surface area contributed by atoms with E-state index in [-0.39, 0.29) is 23.7 Å². The number of Topliss-reactive ketones (excluding diaryl/α,β-unsaturated/α-hetero) is 1. The molecule has 3 nitrogen and oxygen atoms in total. The van der Waals surface area contributed by atoms with Crippen LogP contribution in [0.25, 0.3) is 0 Å². The Morgan fingerprint density at radius 2 is 2.11 bits per heavy atom. The third-order valence-corrected chi connectivity index (χ3v) is 4.16. The molecule has 2 unspecified atom stereocenters. The first-order valence-corrected chi connectivity index (χ1v) is 6.77. The molecule has 2 atom stereocenters. The summed E-state index contributed by atoms with van der Waals surface area (Å²) >= 11 is 0. The van der Waals surface area contributed by atoms with E-state index in [9.17, 15) is 9.59 Å². The molecule has 1 heterocycles. The first-order chi connectivity index (χ1) is 9.24. The van der Waals surface area contributed by atoms with Crippen molar-refractivity contribution in [2.24, 2.45) is 0 Å². The highest BCUT2D eigenvalue weighted by molar-refractivity contribution is 6.02. The number of nitrogens with zero attached hydrogens (tertiary/aromatic N) is 1. The Labute approximate surface area is 112 Å². The zero-order chi connectivity index (χ0) is 13.4. The second-order valence-electron chi connectivity index (χ2n) is 5.24. The molecule has 0 saturated heterocycles. The maximum atomic E-state index is 12.5. The largest absolute Gasteiger partial charge is 0.324 e. The van der Waals surface area contributed by atoms with Gasteiger partial charge in [0.15, 0.2) is 5.78 Å². The number of fused-ring (bicyclic) bond motifs is 3. The summed E-state index contributed by atoms with van der Waals surface area (Å²) in [5, 5.41) is 0. The molecule has 0 spiro atoms. The van der Waals surface area contributed by atoms with Crippen LogP contribution in [0.5, 0.6) is 0 Å². The lowest BCUT2D eigenvalue weighted by Crippen LogP contribution is -2.53. The number of hydrogen-bond donors (Lipinski definition) is 0. The maximum Gasteiger partial charge on any atom is 0.255 e. The molecule has 2 aliphatic rings. The molecule has 1 saturated carbocycles. The van der Waals surface area contributed by atoms with Crippen LogP contribution in [0, 0.1) is 0 Å². The molecule has 1 fully saturated rings. The van der Waals surface area contributed by atoms with Gasteiger partial charge < -0.3 is 4.90 Å². The van der Waals surface area contributed by atoms with Crippen molar-refractivity contribution in [3.63, 3.8) is 0 Å². The Morgan fingerprint density at radius 1 is 1.32 bits per heavy atom. The molecule has 1 amide bonds. The van der Waals surface area contributed by atoms with E-state index in [2.05, 4.69) is 6.58 Å². The minimum Gasteiger partial charge on any atom is -0.324 e. The molecule has 0 bridgehead atoms. The Balaban J connectivity index is 2.12. The summed E-state index contributed by atoms with van der Waals surface area (Å²) in [6, 6.07) is 7.41. The number of ketones is 1. The summed E-state index contributed by atoms with van der Waals surface area (Å²) in [5.41, 5.74) is 1.80. The third-order valence-electron chi connectivity index (χ3n) is 4.16. The quantitative estimate of drug-likeness (QED) is 0.761. The van der Waals surface area contributed by atoms with Crippen molar-refractivity contribution in [3.05, 3.63) is 48.0 Å². The molecule has 19 heavy (non-hydrogen) atoms. The van der Waals surface area contributed by atoms with Crippen molar-refractivity contribution in [3.8, 4) is 0 Å². The molecular formula is C16H17NO2. The lowest BCUT2D eigenvalue weighted by atomic mass is 9.74. The standard InChI is InChI=1S/C16H17NO2/c1-2-10-17-15-12(8-5-9-14(15)18)11-6-3-4-7-13(11)16(17)19/h2-4,6-7,12,15H,1,5,8-10H2. The zero-order valence-electron chi connectivity index (χ0n) is 10.8. The smallest absolute Gasteiger partial charge is 0.255 e. The summed E-state index contributed by atoms with van der Waals surface area (Å²) in [5.74, 6) is 0.322. The highest BCUT2D eigenvalue weighted by Gasteiger charge is 2.44. The fraction of sp³-hybridized carbons (Fsp3) is 0.375. The van der Waals surface area contributed by atoms with Crippen molar-refractivity contribution < 1.29 is 9.59 Å². The lowest BCUT2D eigenvalue weighted by Gasteiger charge is -2.43. The van der Waals surface area contributed by atoms with E-state index in [1.54, 1.807) is 11.0 Å². The monoisotopic (exact) mass is 255 g/mol. The molecule has 0 radical (unpaired) electrons. The van der Waals surface area contributed by atoms with Gasteiger partial charge in [0.1, 0.15) is 0 Å². The van der Waals surface area contributed by atoms with Gasteiger partial charge in [-0.25, -0.2) is 0 Å². The van der Waals surface area contributed by atoms with Gasteiger partial charge in [-0.15, -0.1) is 6.58 Å². The molecule has 0 aromatic heterocycles. The fourth-order valence-electron chi connectivity index (χ4n) is 3.37. The van der Waals surface area contributed by atoms with E-state index in [1.165, 1.54) is 0 Å². The molecule has 1 aliphatic carbocycles. The highest BCUT2D eigenvalue weighted by Crippen LogP contribution is 2.40. The molecule has 3 heteroatoms. The number of carbonyl (C=O) groups is 2. The Morgan fingerprint density at radius 3 is 2.89 bits per heavy atom. The maximum absolute atomic E-state index is 12.5. The van der Waals surface area contributed by atoms with Crippen molar-refractivity contribution in [2.75, 3.05) is 6.54 Å². The molecule has 1 aromatic rings. The lowest BCUT2D eigenvalue weighted by molar-refractivity contribution is -0.126. The molecule has 1 aromatic carbocycles. The number of carbonyl (C=O) groups excluding carboxylic acids is 2. The normalized spacial score (nSPS) is 25.8.